The maximum Gasteiger partial charge on any atom is 0.158 e. The van der Waals surface area contributed by atoms with E-state index in [1.807, 2.05) is 19.3 Å². The monoisotopic (exact) mass is 263 g/mol. The molecule has 0 saturated heterocycles. The number of aryl methyl sites for hydroxylation is 1. The molecule has 0 saturated carbocycles. The van der Waals surface area contributed by atoms with Gasteiger partial charge >= 0.3 is 0 Å². The molecule has 0 aliphatic carbocycles. The number of aromatic nitrogens is 4. The van der Waals surface area contributed by atoms with Crippen molar-refractivity contribution in [2.45, 2.75) is 13.2 Å². The highest BCUT2D eigenvalue weighted by atomic mass is 16.5. The number of nitrogens with one attached hydrogen (secondary N) is 2. The van der Waals surface area contributed by atoms with Crippen LogP contribution in [0.15, 0.2) is 18.3 Å². The summed E-state index contributed by atoms with van der Waals surface area (Å²) >= 11 is 0. The number of hydrazine groups is 1. The zero-order chi connectivity index (χ0) is 13.7. The number of methoxy groups -OCH3 is 1. The highest BCUT2D eigenvalue weighted by molar-refractivity contribution is 5.46. The predicted molar refractivity (Wildman–Crippen MR) is 71.1 cm³/mol. The SMILES string of the molecule is COCc1nc(NN)cc(NCc2ccn(C)n2)n1. The maximum absolute atomic E-state index is 5.37. The molecule has 102 valence electrons. The Hall–Kier alpha value is -2.19. The normalized spacial score (nSPS) is 10.5. The highest BCUT2D eigenvalue weighted by Crippen LogP contribution is 2.12. The Labute approximate surface area is 111 Å². The smallest absolute Gasteiger partial charge is 0.158 e. The second-order valence-corrected chi connectivity index (χ2v) is 3.97. The van der Waals surface area contributed by atoms with Crippen LogP contribution in [0.5, 0.6) is 0 Å². The highest BCUT2D eigenvalue weighted by Gasteiger charge is 2.04. The fourth-order valence-corrected chi connectivity index (χ4v) is 1.59. The summed E-state index contributed by atoms with van der Waals surface area (Å²) in [4.78, 5) is 8.48. The van der Waals surface area contributed by atoms with Gasteiger partial charge in [-0.25, -0.2) is 15.8 Å². The van der Waals surface area contributed by atoms with Crippen LogP contribution in [0.25, 0.3) is 0 Å². The molecule has 8 nitrogen and oxygen atoms in total. The van der Waals surface area contributed by atoms with Crippen LogP contribution >= 0.6 is 0 Å². The van der Waals surface area contributed by atoms with Crippen molar-refractivity contribution in [3.63, 3.8) is 0 Å². The summed E-state index contributed by atoms with van der Waals surface area (Å²) in [5.74, 6) is 7.13. The van der Waals surface area contributed by atoms with Crippen LogP contribution in [0.1, 0.15) is 11.5 Å². The van der Waals surface area contributed by atoms with E-state index in [0.29, 0.717) is 30.6 Å². The summed E-state index contributed by atoms with van der Waals surface area (Å²) in [6.07, 6.45) is 1.89. The first-order valence-corrected chi connectivity index (χ1v) is 5.77. The van der Waals surface area contributed by atoms with E-state index in [4.69, 9.17) is 10.6 Å². The van der Waals surface area contributed by atoms with Crippen molar-refractivity contribution in [2.75, 3.05) is 17.9 Å². The molecule has 2 rings (SSSR count). The van der Waals surface area contributed by atoms with Gasteiger partial charge in [0.15, 0.2) is 5.82 Å². The molecule has 0 atom stereocenters. The third-order valence-corrected chi connectivity index (χ3v) is 2.41. The zero-order valence-corrected chi connectivity index (χ0v) is 10.9. The van der Waals surface area contributed by atoms with Crippen LogP contribution in [0.2, 0.25) is 0 Å². The molecule has 0 bridgehead atoms. The van der Waals surface area contributed by atoms with Crippen molar-refractivity contribution >= 4 is 11.6 Å². The van der Waals surface area contributed by atoms with Crippen LogP contribution in [-0.4, -0.2) is 26.9 Å². The van der Waals surface area contributed by atoms with E-state index < -0.39 is 0 Å². The Morgan fingerprint density at radius 2 is 2.16 bits per heavy atom. The number of hydrogen-bond donors (Lipinski definition) is 3. The number of hydrogen-bond acceptors (Lipinski definition) is 7. The summed E-state index contributed by atoms with van der Waals surface area (Å²) in [7, 11) is 3.47. The van der Waals surface area contributed by atoms with Crippen LogP contribution in [0.4, 0.5) is 11.6 Å². The Balaban J connectivity index is 2.08. The number of anilines is 2. The van der Waals surface area contributed by atoms with E-state index in [0.717, 1.165) is 5.69 Å². The lowest BCUT2D eigenvalue weighted by Crippen LogP contribution is -2.12. The van der Waals surface area contributed by atoms with E-state index in [-0.39, 0.29) is 0 Å². The predicted octanol–water partition coefficient (Wildman–Crippen LogP) is 0.254. The lowest BCUT2D eigenvalue weighted by molar-refractivity contribution is 0.178. The molecule has 4 N–H and O–H groups in total. The first-order valence-electron chi connectivity index (χ1n) is 5.77. The van der Waals surface area contributed by atoms with Crippen LogP contribution in [0.3, 0.4) is 0 Å². The molecule has 0 aliphatic heterocycles. The standard InChI is InChI=1S/C11H17N7O/c1-18-4-3-8(17-18)6-13-9-5-10(16-12)15-11(14-9)7-19-2/h3-5H,6-7,12H2,1-2H3,(H2,13,14,15,16). The summed E-state index contributed by atoms with van der Waals surface area (Å²) in [5, 5.41) is 7.44. The van der Waals surface area contributed by atoms with Gasteiger partial charge in [-0.3, -0.25) is 4.68 Å². The van der Waals surface area contributed by atoms with Gasteiger partial charge < -0.3 is 15.5 Å². The molecule has 0 spiro atoms. The van der Waals surface area contributed by atoms with E-state index >= 15 is 0 Å². The number of nitrogens with two attached hydrogens (primary N) is 1. The van der Waals surface area contributed by atoms with Crippen molar-refractivity contribution in [1.29, 1.82) is 0 Å². The lowest BCUT2D eigenvalue weighted by Gasteiger charge is -2.08. The molecule has 0 amide bonds. The molecule has 0 aliphatic rings. The van der Waals surface area contributed by atoms with E-state index in [1.165, 1.54) is 0 Å². The second-order valence-electron chi connectivity index (χ2n) is 3.97. The van der Waals surface area contributed by atoms with Crippen LogP contribution in [-0.2, 0) is 24.9 Å². The maximum atomic E-state index is 5.37. The summed E-state index contributed by atoms with van der Waals surface area (Å²) in [5.41, 5.74) is 3.43. The molecule has 0 aromatic carbocycles. The van der Waals surface area contributed by atoms with E-state index in [2.05, 4.69) is 25.8 Å². The van der Waals surface area contributed by atoms with Gasteiger partial charge in [0.1, 0.15) is 18.2 Å². The van der Waals surface area contributed by atoms with E-state index in [1.54, 1.807) is 17.9 Å². The third-order valence-electron chi connectivity index (χ3n) is 2.41. The van der Waals surface area contributed by atoms with Crippen molar-refractivity contribution in [1.82, 2.24) is 19.7 Å². The van der Waals surface area contributed by atoms with Gasteiger partial charge in [0, 0.05) is 26.4 Å². The van der Waals surface area contributed by atoms with Gasteiger partial charge in [-0.2, -0.15) is 5.10 Å². The number of rotatable bonds is 6. The average molecular weight is 263 g/mol. The minimum Gasteiger partial charge on any atom is -0.377 e. The molecule has 2 aromatic heterocycles. The van der Waals surface area contributed by atoms with Gasteiger partial charge in [-0.1, -0.05) is 0 Å². The van der Waals surface area contributed by atoms with Crippen LogP contribution < -0.4 is 16.6 Å². The molecule has 0 unspecified atom stereocenters. The van der Waals surface area contributed by atoms with Gasteiger partial charge in [-0.05, 0) is 6.07 Å². The quantitative estimate of drug-likeness (QED) is 0.507. The van der Waals surface area contributed by atoms with Crippen molar-refractivity contribution in [3.05, 3.63) is 29.8 Å². The number of ether oxygens (including phenoxy) is 1. The van der Waals surface area contributed by atoms with Gasteiger partial charge in [-0.15, -0.1) is 0 Å². The first-order chi connectivity index (χ1) is 9.21. The molecular weight excluding hydrogens is 246 g/mol. The molecule has 8 heteroatoms. The number of nitrogens with zero attached hydrogens (tertiary/aromatic N) is 4. The third kappa shape index (κ3) is 3.63. The van der Waals surface area contributed by atoms with Crippen LogP contribution in [0, 0.1) is 0 Å². The molecular formula is C11H17N7O. The lowest BCUT2D eigenvalue weighted by atomic mass is 10.4. The van der Waals surface area contributed by atoms with Crippen molar-refractivity contribution < 1.29 is 4.74 Å². The molecule has 2 heterocycles. The Morgan fingerprint density at radius 1 is 1.37 bits per heavy atom. The Morgan fingerprint density at radius 3 is 2.79 bits per heavy atom. The topological polar surface area (TPSA) is 103 Å². The number of nitrogen functional groups attached to an aromatic ring is 1. The fraction of sp³-hybridized carbons (Fsp3) is 0.364. The Bertz CT molecular complexity index is 540. The van der Waals surface area contributed by atoms with Crippen molar-refractivity contribution in [3.8, 4) is 0 Å². The molecule has 2 aromatic rings. The fourth-order valence-electron chi connectivity index (χ4n) is 1.59. The average Bonchev–Trinajstić information content (AvgIpc) is 2.82. The summed E-state index contributed by atoms with van der Waals surface area (Å²) < 4.78 is 6.76. The second kappa shape index (κ2) is 6.12. The van der Waals surface area contributed by atoms with E-state index in [9.17, 15) is 0 Å². The van der Waals surface area contributed by atoms with Gasteiger partial charge in [0.25, 0.3) is 0 Å². The largest absolute Gasteiger partial charge is 0.377 e. The first kappa shape index (κ1) is 13.2. The molecule has 0 fully saturated rings. The minimum absolute atomic E-state index is 0.327. The zero-order valence-electron chi connectivity index (χ0n) is 10.9. The molecule has 0 radical (unpaired) electrons. The minimum atomic E-state index is 0.327. The van der Waals surface area contributed by atoms with Gasteiger partial charge in [0.05, 0.1) is 12.2 Å². The molecule has 19 heavy (non-hydrogen) atoms. The Kier molecular flexibility index (Phi) is 4.26. The van der Waals surface area contributed by atoms with Gasteiger partial charge in [0.2, 0.25) is 0 Å². The van der Waals surface area contributed by atoms with Crippen molar-refractivity contribution in [2.24, 2.45) is 12.9 Å². The summed E-state index contributed by atoms with van der Waals surface area (Å²) in [6.45, 7) is 0.905. The summed E-state index contributed by atoms with van der Waals surface area (Å²) in [6, 6.07) is 3.66.